The normalized spacial score (nSPS) is 27.0. The van der Waals surface area contributed by atoms with Gasteiger partial charge in [-0.2, -0.15) is 0 Å². The number of aliphatic hydroxyl groups is 1. The second kappa shape index (κ2) is 5.55. The van der Waals surface area contributed by atoms with Crippen molar-refractivity contribution in [2.45, 2.75) is 45.1 Å². The fourth-order valence-corrected chi connectivity index (χ4v) is 1.78. The van der Waals surface area contributed by atoms with E-state index in [0.717, 1.165) is 13.0 Å². The van der Waals surface area contributed by atoms with Crippen molar-refractivity contribution in [1.82, 2.24) is 4.90 Å². The van der Waals surface area contributed by atoms with Crippen LogP contribution < -0.4 is 0 Å². The average Bonchev–Trinajstić information content (AvgIpc) is 2.26. The molecule has 0 spiro atoms. The van der Waals surface area contributed by atoms with E-state index in [1.165, 1.54) is 38.8 Å². The minimum atomic E-state index is -0.0654. The molecule has 72 valence electrons. The van der Waals surface area contributed by atoms with Crippen LogP contribution in [0.3, 0.4) is 0 Å². The summed E-state index contributed by atoms with van der Waals surface area (Å²) in [6.07, 6.45) is 5.93. The third-order valence-corrected chi connectivity index (χ3v) is 2.56. The Morgan fingerprint density at radius 1 is 1.42 bits per heavy atom. The summed E-state index contributed by atoms with van der Waals surface area (Å²) in [6.45, 7) is 5.48. The predicted octanol–water partition coefficient (Wildman–Crippen LogP) is 1.63. The second-order valence-corrected chi connectivity index (χ2v) is 3.80. The first kappa shape index (κ1) is 10.0. The number of nitrogens with zero attached hydrogens (tertiary/aromatic N) is 1. The molecule has 0 aromatic carbocycles. The molecule has 0 bridgehead atoms. The summed E-state index contributed by atoms with van der Waals surface area (Å²) in [4.78, 5) is 2.40. The van der Waals surface area contributed by atoms with E-state index < -0.39 is 0 Å². The molecular formula is C10H21NO. The fourth-order valence-electron chi connectivity index (χ4n) is 1.78. The Labute approximate surface area is 75.6 Å². The predicted molar refractivity (Wildman–Crippen MR) is 51.2 cm³/mol. The van der Waals surface area contributed by atoms with Gasteiger partial charge in [-0.25, -0.2) is 0 Å². The molecule has 0 amide bonds. The third kappa shape index (κ3) is 3.55. The first-order valence-electron chi connectivity index (χ1n) is 5.23. The van der Waals surface area contributed by atoms with Crippen LogP contribution in [0.25, 0.3) is 0 Å². The molecule has 1 heterocycles. The molecule has 1 rings (SSSR count). The highest BCUT2D eigenvalue weighted by Gasteiger charge is 2.14. The van der Waals surface area contributed by atoms with Gasteiger partial charge in [-0.15, -0.1) is 0 Å². The third-order valence-electron chi connectivity index (χ3n) is 2.56. The number of unbranched alkanes of at least 4 members (excludes halogenated alkanes) is 1. The zero-order chi connectivity index (χ0) is 8.81. The topological polar surface area (TPSA) is 23.5 Å². The molecule has 0 aromatic rings. The zero-order valence-corrected chi connectivity index (χ0v) is 8.13. The Balaban J connectivity index is 2.21. The maximum Gasteiger partial charge on any atom is 0.0667 e. The van der Waals surface area contributed by atoms with Crippen molar-refractivity contribution in [3.63, 3.8) is 0 Å². The van der Waals surface area contributed by atoms with E-state index in [4.69, 9.17) is 0 Å². The molecule has 0 aromatic heterocycles. The monoisotopic (exact) mass is 171 g/mol. The van der Waals surface area contributed by atoms with E-state index in [0.29, 0.717) is 0 Å². The summed E-state index contributed by atoms with van der Waals surface area (Å²) in [6, 6.07) is 0. The molecule has 1 fully saturated rings. The van der Waals surface area contributed by atoms with Gasteiger partial charge >= 0.3 is 0 Å². The van der Waals surface area contributed by atoms with E-state index in [1.54, 1.807) is 0 Å². The Bertz CT molecular complexity index is 116. The summed E-state index contributed by atoms with van der Waals surface area (Å²) < 4.78 is 0. The van der Waals surface area contributed by atoms with Crippen molar-refractivity contribution in [3.05, 3.63) is 0 Å². The number of hydrogen-bond donors (Lipinski definition) is 1. The molecule has 0 aliphatic carbocycles. The van der Waals surface area contributed by atoms with Crippen molar-refractivity contribution in [3.8, 4) is 0 Å². The molecule has 1 saturated heterocycles. The Kier molecular flexibility index (Phi) is 4.62. The lowest BCUT2D eigenvalue weighted by Crippen LogP contribution is -2.31. The number of aliphatic hydroxyl groups excluding tert-OH is 1. The van der Waals surface area contributed by atoms with Crippen LogP contribution in [0.15, 0.2) is 0 Å². The highest BCUT2D eigenvalue weighted by atomic mass is 16.3. The maximum absolute atomic E-state index is 9.52. The van der Waals surface area contributed by atoms with Gasteiger partial charge in [0.05, 0.1) is 6.10 Å². The van der Waals surface area contributed by atoms with Gasteiger partial charge in [0, 0.05) is 6.54 Å². The quantitative estimate of drug-likeness (QED) is 0.697. The van der Waals surface area contributed by atoms with Gasteiger partial charge in [-0.1, -0.05) is 13.3 Å². The van der Waals surface area contributed by atoms with Crippen LogP contribution in [0.4, 0.5) is 0 Å². The second-order valence-electron chi connectivity index (χ2n) is 3.80. The van der Waals surface area contributed by atoms with E-state index >= 15 is 0 Å². The summed E-state index contributed by atoms with van der Waals surface area (Å²) in [5.74, 6) is 0. The van der Waals surface area contributed by atoms with E-state index in [9.17, 15) is 5.11 Å². The van der Waals surface area contributed by atoms with Gasteiger partial charge in [-0.3, -0.25) is 0 Å². The first-order chi connectivity index (χ1) is 5.83. The van der Waals surface area contributed by atoms with Gasteiger partial charge in [0.1, 0.15) is 0 Å². The van der Waals surface area contributed by atoms with Crippen LogP contribution in [0.1, 0.15) is 39.0 Å². The van der Waals surface area contributed by atoms with Gasteiger partial charge in [0.2, 0.25) is 0 Å². The summed E-state index contributed by atoms with van der Waals surface area (Å²) in [5, 5.41) is 9.52. The average molecular weight is 171 g/mol. The molecule has 1 atom stereocenters. The summed E-state index contributed by atoms with van der Waals surface area (Å²) >= 11 is 0. The van der Waals surface area contributed by atoms with Gasteiger partial charge in [-0.05, 0) is 38.8 Å². The SMILES string of the molecule is CCCCN1CCCC[C@H](O)C1. The van der Waals surface area contributed by atoms with E-state index in [2.05, 4.69) is 11.8 Å². The van der Waals surface area contributed by atoms with Crippen molar-refractivity contribution in [1.29, 1.82) is 0 Å². The number of β-amino-alcohol motifs (C(OH)–C–C–N with tert-alkyl or cyclic N) is 1. The molecule has 0 unspecified atom stereocenters. The molecule has 0 saturated carbocycles. The fraction of sp³-hybridized carbons (Fsp3) is 1.00. The molecule has 1 aliphatic heterocycles. The van der Waals surface area contributed by atoms with Gasteiger partial charge < -0.3 is 10.0 Å². The molecular weight excluding hydrogens is 150 g/mol. The number of hydrogen-bond acceptors (Lipinski definition) is 2. The van der Waals surface area contributed by atoms with Crippen LogP contribution >= 0.6 is 0 Å². The van der Waals surface area contributed by atoms with Crippen molar-refractivity contribution >= 4 is 0 Å². The van der Waals surface area contributed by atoms with Crippen LogP contribution in [-0.4, -0.2) is 35.7 Å². The van der Waals surface area contributed by atoms with Crippen molar-refractivity contribution < 1.29 is 5.11 Å². The Morgan fingerprint density at radius 2 is 2.25 bits per heavy atom. The van der Waals surface area contributed by atoms with Crippen LogP contribution in [0, 0.1) is 0 Å². The van der Waals surface area contributed by atoms with Crippen LogP contribution in [0.2, 0.25) is 0 Å². The summed E-state index contributed by atoms with van der Waals surface area (Å²) in [5.41, 5.74) is 0. The standard InChI is InChI=1S/C10H21NO/c1-2-3-7-11-8-5-4-6-10(12)9-11/h10,12H,2-9H2,1H3/t10-/m0/s1. The maximum atomic E-state index is 9.52. The van der Waals surface area contributed by atoms with E-state index in [1.807, 2.05) is 0 Å². The number of rotatable bonds is 3. The molecule has 0 radical (unpaired) electrons. The zero-order valence-electron chi connectivity index (χ0n) is 8.13. The lowest BCUT2D eigenvalue weighted by molar-refractivity contribution is 0.120. The minimum Gasteiger partial charge on any atom is -0.392 e. The lowest BCUT2D eigenvalue weighted by atomic mass is 10.2. The Morgan fingerprint density at radius 3 is 3.00 bits per heavy atom. The molecule has 12 heavy (non-hydrogen) atoms. The highest BCUT2D eigenvalue weighted by Crippen LogP contribution is 2.10. The smallest absolute Gasteiger partial charge is 0.0667 e. The molecule has 1 N–H and O–H groups in total. The minimum absolute atomic E-state index is 0.0654. The van der Waals surface area contributed by atoms with Gasteiger partial charge in [0.15, 0.2) is 0 Å². The molecule has 1 aliphatic rings. The Hall–Kier alpha value is -0.0800. The van der Waals surface area contributed by atoms with E-state index in [-0.39, 0.29) is 6.10 Å². The highest BCUT2D eigenvalue weighted by molar-refractivity contribution is 4.69. The largest absolute Gasteiger partial charge is 0.392 e. The van der Waals surface area contributed by atoms with Crippen molar-refractivity contribution in [2.75, 3.05) is 19.6 Å². The number of likely N-dealkylation sites (tertiary alicyclic amines) is 1. The van der Waals surface area contributed by atoms with Crippen LogP contribution in [0.5, 0.6) is 0 Å². The van der Waals surface area contributed by atoms with Crippen LogP contribution in [-0.2, 0) is 0 Å². The summed E-state index contributed by atoms with van der Waals surface area (Å²) in [7, 11) is 0. The molecule has 2 nitrogen and oxygen atoms in total. The van der Waals surface area contributed by atoms with Crippen molar-refractivity contribution in [2.24, 2.45) is 0 Å². The van der Waals surface area contributed by atoms with Gasteiger partial charge in [0.25, 0.3) is 0 Å². The lowest BCUT2D eigenvalue weighted by Gasteiger charge is -2.21. The first-order valence-corrected chi connectivity index (χ1v) is 5.23. The molecule has 2 heteroatoms.